The van der Waals surface area contributed by atoms with Crippen molar-refractivity contribution in [3.63, 3.8) is 0 Å². The van der Waals surface area contributed by atoms with Gasteiger partial charge in [-0.1, -0.05) is 13.0 Å². The average molecular weight is 402 g/mol. The second-order valence-corrected chi connectivity index (χ2v) is 7.50. The summed E-state index contributed by atoms with van der Waals surface area (Å²) in [4.78, 5) is 14.7. The number of amides is 1. The number of nitrogens with one attached hydrogen (secondary N) is 2. The highest BCUT2D eigenvalue weighted by Crippen LogP contribution is 2.25. The molecule has 26 heavy (non-hydrogen) atoms. The fraction of sp³-hybridized carbons (Fsp3) is 0.650. The topological polar surface area (TPSA) is 44.4 Å². The molecule has 1 aromatic rings. The van der Waals surface area contributed by atoms with Gasteiger partial charge in [-0.25, -0.2) is 0 Å². The summed E-state index contributed by atoms with van der Waals surface area (Å²) in [6.45, 7) is 6.77. The van der Waals surface area contributed by atoms with Gasteiger partial charge in [0.1, 0.15) is 0 Å². The number of nitrogens with zero attached hydrogens (tertiary/aromatic N) is 1. The van der Waals surface area contributed by atoms with Crippen LogP contribution >= 0.6 is 24.8 Å². The van der Waals surface area contributed by atoms with Crippen molar-refractivity contribution in [1.82, 2.24) is 5.32 Å². The van der Waals surface area contributed by atoms with Crippen LogP contribution in [-0.4, -0.2) is 32.1 Å². The molecule has 0 atom stereocenters. The lowest BCUT2D eigenvalue weighted by atomic mass is 9.93. The zero-order valence-electron chi connectivity index (χ0n) is 15.7. The van der Waals surface area contributed by atoms with Crippen LogP contribution in [0.2, 0.25) is 0 Å². The quantitative estimate of drug-likeness (QED) is 0.763. The molecule has 0 saturated carbocycles. The van der Waals surface area contributed by atoms with Gasteiger partial charge in [-0.3, -0.25) is 4.79 Å². The van der Waals surface area contributed by atoms with E-state index in [0.717, 1.165) is 44.2 Å². The third-order valence-corrected chi connectivity index (χ3v) is 5.52. The van der Waals surface area contributed by atoms with Gasteiger partial charge in [0.05, 0.1) is 0 Å². The Hall–Kier alpha value is -0.970. The fourth-order valence-corrected chi connectivity index (χ4v) is 3.78. The third kappa shape index (κ3) is 6.98. The first-order chi connectivity index (χ1) is 11.7. The number of piperidine rings is 2. The second kappa shape index (κ2) is 11.7. The molecule has 2 N–H and O–H groups in total. The number of rotatable bonds is 5. The molecule has 0 aromatic heterocycles. The zero-order valence-corrected chi connectivity index (χ0v) is 17.3. The van der Waals surface area contributed by atoms with Crippen molar-refractivity contribution in [3.05, 3.63) is 24.3 Å². The average Bonchev–Trinajstić information content (AvgIpc) is 2.62. The molecule has 3 rings (SSSR count). The van der Waals surface area contributed by atoms with E-state index < -0.39 is 0 Å². The van der Waals surface area contributed by atoms with Crippen molar-refractivity contribution in [3.8, 4) is 0 Å². The van der Waals surface area contributed by atoms with Gasteiger partial charge in [-0.15, -0.1) is 24.8 Å². The minimum atomic E-state index is 0. The van der Waals surface area contributed by atoms with Crippen molar-refractivity contribution in [1.29, 1.82) is 0 Å². The Morgan fingerprint density at radius 2 is 1.85 bits per heavy atom. The summed E-state index contributed by atoms with van der Waals surface area (Å²) < 4.78 is 0. The standard InChI is InChI=1S/C20H31N3O.2ClH/c1-16-9-13-23(14-10-16)19-4-2-3-18(15-19)22-20(24)6-5-17-7-11-21-12-8-17;;/h2-4,15-17,21H,5-14H2,1H3,(H,22,24);2*1H. The molecule has 2 saturated heterocycles. The highest BCUT2D eigenvalue weighted by atomic mass is 35.5. The summed E-state index contributed by atoms with van der Waals surface area (Å²) in [6, 6.07) is 8.33. The van der Waals surface area contributed by atoms with Crippen LogP contribution in [0.3, 0.4) is 0 Å². The van der Waals surface area contributed by atoms with Crippen LogP contribution in [-0.2, 0) is 4.79 Å². The first kappa shape index (κ1) is 23.1. The normalized spacial score (nSPS) is 18.6. The minimum Gasteiger partial charge on any atom is -0.371 e. The summed E-state index contributed by atoms with van der Waals surface area (Å²) in [7, 11) is 0. The van der Waals surface area contributed by atoms with E-state index in [0.29, 0.717) is 12.3 Å². The third-order valence-electron chi connectivity index (χ3n) is 5.52. The van der Waals surface area contributed by atoms with E-state index in [9.17, 15) is 4.79 Å². The van der Waals surface area contributed by atoms with Crippen molar-refractivity contribution in [2.45, 2.75) is 45.4 Å². The van der Waals surface area contributed by atoms with Gasteiger partial charge in [-0.05, 0) is 75.2 Å². The number of hydrogen-bond acceptors (Lipinski definition) is 3. The maximum Gasteiger partial charge on any atom is 0.224 e. The molecule has 148 valence electrons. The highest BCUT2D eigenvalue weighted by molar-refractivity contribution is 5.91. The van der Waals surface area contributed by atoms with E-state index in [4.69, 9.17) is 0 Å². The first-order valence-electron chi connectivity index (χ1n) is 9.56. The van der Waals surface area contributed by atoms with Crippen molar-refractivity contribution in [2.75, 3.05) is 36.4 Å². The molecule has 2 heterocycles. The lowest BCUT2D eigenvalue weighted by Gasteiger charge is -2.32. The van der Waals surface area contributed by atoms with E-state index in [1.165, 1.54) is 31.4 Å². The Labute approximate surface area is 170 Å². The van der Waals surface area contributed by atoms with Gasteiger partial charge in [0.15, 0.2) is 0 Å². The number of benzene rings is 1. The van der Waals surface area contributed by atoms with Crippen LogP contribution in [0.4, 0.5) is 11.4 Å². The SMILES string of the molecule is CC1CCN(c2cccc(NC(=O)CCC3CCNCC3)c2)CC1.Cl.Cl. The molecular formula is C20H33Cl2N3O. The lowest BCUT2D eigenvalue weighted by Crippen LogP contribution is -2.32. The molecule has 1 aromatic carbocycles. The maximum absolute atomic E-state index is 12.2. The summed E-state index contributed by atoms with van der Waals surface area (Å²) in [5, 5.41) is 6.47. The highest BCUT2D eigenvalue weighted by Gasteiger charge is 2.17. The Kier molecular flexibility index (Phi) is 10.4. The number of halogens is 2. The predicted molar refractivity (Wildman–Crippen MR) is 115 cm³/mol. The van der Waals surface area contributed by atoms with E-state index in [1.807, 2.05) is 6.07 Å². The number of carbonyl (C=O) groups is 1. The monoisotopic (exact) mass is 401 g/mol. The van der Waals surface area contributed by atoms with Crippen LogP contribution in [0.25, 0.3) is 0 Å². The molecule has 0 bridgehead atoms. The number of anilines is 2. The first-order valence-corrected chi connectivity index (χ1v) is 9.56. The van der Waals surface area contributed by atoms with Crippen molar-refractivity contribution in [2.24, 2.45) is 11.8 Å². The van der Waals surface area contributed by atoms with Crippen LogP contribution < -0.4 is 15.5 Å². The molecule has 2 fully saturated rings. The molecule has 1 amide bonds. The predicted octanol–water partition coefficient (Wildman–Crippen LogP) is 4.48. The van der Waals surface area contributed by atoms with Crippen LogP contribution in [0.5, 0.6) is 0 Å². The zero-order chi connectivity index (χ0) is 16.8. The Bertz CT molecular complexity index is 542. The molecule has 0 aliphatic carbocycles. The number of carbonyl (C=O) groups excluding carboxylic acids is 1. The molecule has 2 aliphatic heterocycles. The molecule has 0 unspecified atom stereocenters. The van der Waals surface area contributed by atoms with Crippen molar-refractivity contribution >= 4 is 42.1 Å². The molecule has 0 spiro atoms. The molecule has 4 nitrogen and oxygen atoms in total. The summed E-state index contributed by atoms with van der Waals surface area (Å²) in [6.07, 6.45) is 6.57. The smallest absolute Gasteiger partial charge is 0.224 e. The Balaban J connectivity index is 0.00000169. The van der Waals surface area contributed by atoms with Gasteiger partial charge >= 0.3 is 0 Å². The molecular weight excluding hydrogens is 369 g/mol. The lowest BCUT2D eigenvalue weighted by molar-refractivity contribution is -0.116. The van der Waals surface area contributed by atoms with E-state index >= 15 is 0 Å². The summed E-state index contributed by atoms with van der Waals surface area (Å²) >= 11 is 0. The Morgan fingerprint density at radius 1 is 1.15 bits per heavy atom. The van der Waals surface area contributed by atoms with Gasteiger partial charge < -0.3 is 15.5 Å². The van der Waals surface area contributed by atoms with Crippen molar-refractivity contribution < 1.29 is 4.79 Å². The fourth-order valence-electron chi connectivity index (χ4n) is 3.78. The van der Waals surface area contributed by atoms with E-state index in [1.54, 1.807) is 0 Å². The summed E-state index contributed by atoms with van der Waals surface area (Å²) in [5.74, 6) is 1.69. The van der Waals surface area contributed by atoms with Gasteiger partial charge in [0.25, 0.3) is 0 Å². The largest absolute Gasteiger partial charge is 0.371 e. The number of hydrogen-bond donors (Lipinski definition) is 2. The van der Waals surface area contributed by atoms with E-state index in [2.05, 4.69) is 40.7 Å². The maximum atomic E-state index is 12.2. The molecule has 0 radical (unpaired) electrons. The van der Waals surface area contributed by atoms with E-state index in [-0.39, 0.29) is 30.7 Å². The van der Waals surface area contributed by atoms with Gasteiger partial charge in [0.2, 0.25) is 5.91 Å². The Morgan fingerprint density at radius 3 is 2.54 bits per heavy atom. The van der Waals surface area contributed by atoms with Gasteiger partial charge in [0, 0.05) is 30.9 Å². The van der Waals surface area contributed by atoms with Crippen LogP contribution in [0.1, 0.15) is 45.4 Å². The molecule has 2 aliphatic rings. The van der Waals surface area contributed by atoms with Crippen LogP contribution in [0.15, 0.2) is 24.3 Å². The minimum absolute atomic E-state index is 0. The second-order valence-electron chi connectivity index (χ2n) is 7.50. The van der Waals surface area contributed by atoms with Crippen LogP contribution in [0, 0.1) is 11.8 Å². The summed E-state index contributed by atoms with van der Waals surface area (Å²) in [5.41, 5.74) is 2.17. The molecule has 6 heteroatoms. The van der Waals surface area contributed by atoms with Gasteiger partial charge in [-0.2, -0.15) is 0 Å².